The molecule has 3 rings (SSSR count). The van der Waals surface area contributed by atoms with Gasteiger partial charge in [-0.2, -0.15) is 9.41 Å². The first-order valence-corrected chi connectivity index (χ1v) is 11.7. The molecule has 0 spiro atoms. The van der Waals surface area contributed by atoms with Gasteiger partial charge in [0.15, 0.2) is 0 Å². The van der Waals surface area contributed by atoms with Crippen LogP contribution in [0.25, 0.3) is 0 Å². The molecule has 0 fully saturated rings. The second-order valence-corrected chi connectivity index (χ2v) is 9.29. The lowest BCUT2D eigenvalue weighted by atomic mass is 10.2. The fourth-order valence-electron chi connectivity index (χ4n) is 3.05. The van der Waals surface area contributed by atoms with Gasteiger partial charge in [-0.3, -0.25) is 9.59 Å². The summed E-state index contributed by atoms with van der Waals surface area (Å²) in [6.45, 7) is 0.857. The van der Waals surface area contributed by atoms with E-state index in [1.807, 2.05) is 6.07 Å². The Bertz CT molecular complexity index is 1280. The predicted molar refractivity (Wildman–Crippen MR) is 129 cm³/mol. The molecular weight excluding hydrogens is 456 g/mol. The second-order valence-electron chi connectivity index (χ2n) is 7.35. The monoisotopic (exact) mass is 480 g/mol. The Labute approximate surface area is 197 Å². The maximum atomic E-state index is 13.3. The van der Waals surface area contributed by atoms with Crippen LogP contribution in [0, 0.1) is 0 Å². The third-order valence-corrected chi connectivity index (χ3v) is 6.41. The highest BCUT2D eigenvalue weighted by Gasteiger charge is 2.27. The molecule has 0 atom stereocenters. The minimum Gasteiger partial charge on any atom is -0.508 e. The number of nitrogens with zero attached hydrogens (tertiary/aromatic N) is 2. The molecule has 0 heterocycles. The van der Waals surface area contributed by atoms with E-state index in [-0.39, 0.29) is 23.1 Å². The van der Waals surface area contributed by atoms with E-state index >= 15 is 0 Å². The van der Waals surface area contributed by atoms with Crippen LogP contribution in [0.5, 0.6) is 5.75 Å². The number of nitrogens with one attached hydrogen (secondary N) is 2. The Kier molecular flexibility index (Phi) is 8.12. The van der Waals surface area contributed by atoms with Gasteiger partial charge in [-0.15, -0.1) is 0 Å². The van der Waals surface area contributed by atoms with Crippen molar-refractivity contribution in [2.45, 2.75) is 18.4 Å². The van der Waals surface area contributed by atoms with E-state index in [0.717, 1.165) is 4.31 Å². The molecule has 0 aliphatic carbocycles. The molecule has 0 saturated heterocycles. The molecular formula is C24H24N4O5S. The number of carbonyl (C=O) groups excluding carboxylic acids is 2. The number of rotatable bonds is 9. The molecule has 2 amide bonds. The van der Waals surface area contributed by atoms with Crippen LogP contribution in [0.15, 0.2) is 88.9 Å². The molecule has 34 heavy (non-hydrogen) atoms. The molecule has 0 aliphatic rings. The van der Waals surface area contributed by atoms with Crippen molar-refractivity contribution in [3.63, 3.8) is 0 Å². The van der Waals surface area contributed by atoms with Gasteiger partial charge in [0.25, 0.3) is 5.91 Å². The molecule has 0 saturated carbocycles. The fourth-order valence-corrected chi connectivity index (χ4v) is 4.44. The van der Waals surface area contributed by atoms with Crippen molar-refractivity contribution < 1.29 is 23.1 Å². The summed E-state index contributed by atoms with van der Waals surface area (Å²) in [7, 11) is -4.05. The molecule has 3 aromatic carbocycles. The molecule has 0 aromatic heterocycles. The van der Waals surface area contributed by atoms with E-state index < -0.39 is 22.5 Å². The summed E-state index contributed by atoms with van der Waals surface area (Å²) in [5, 5.41) is 15.9. The Balaban J connectivity index is 1.78. The van der Waals surface area contributed by atoms with Crippen molar-refractivity contribution in [2.24, 2.45) is 5.10 Å². The Morgan fingerprint density at radius 3 is 2.35 bits per heavy atom. The second kappa shape index (κ2) is 11.2. The van der Waals surface area contributed by atoms with Crippen molar-refractivity contribution in [1.82, 2.24) is 9.73 Å². The summed E-state index contributed by atoms with van der Waals surface area (Å²) < 4.78 is 27.7. The lowest BCUT2D eigenvalue weighted by Gasteiger charge is -2.21. The number of benzene rings is 3. The highest BCUT2D eigenvalue weighted by atomic mass is 32.2. The maximum absolute atomic E-state index is 13.3. The zero-order chi connectivity index (χ0) is 24.6. The maximum Gasteiger partial charge on any atom is 0.255 e. The zero-order valence-corrected chi connectivity index (χ0v) is 19.2. The number of hydrazone groups is 1. The molecule has 10 heteroatoms. The molecule has 0 unspecified atom stereocenters. The van der Waals surface area contributed by atoms with Crippen molar-refractivity contribution in [2.75, 3.05) is 11.9 Å². The van der Waals surface area contributed by atoms with Crippen LogP contribution in [-0.4, -0.2) is 42.4 Å². The molecule has 3 aromatic rings. The lowest BCUT2D eigenvalue weighted by molar-refractivity contribution is -0.121. The van der Waals surface area contributed by atoms with Crippen LogP contribution in [0.2, 0.25) is 0 Å². The van der Waals surface area contributed by atoms with E-state index in [9.17, 15) is 23.1 Å². The molecule has 176 valence electrons. The molecule has 3 N–H and O–H groups in total. The first-order chi connectivity index (χ1) is 16.2. The summed E-state index contributed by atoms with van der Waals surface area (Å²) in [5.74, 6) is -0.852. The number of aromatic hydroxyl groups is 1. The van der Waals surface area contributed by atoms with E-state index in [4.69, 9.17) is 0 Å². The number of hydrogen-bond acceptors (Lipinski definition) is 6. The van der Waals surface area contributed by atoms with Crippen molar-refractivity contribution in [3.8, 4) is 5.75 Å². The summed E-state index contributed by atoms with van der Waals surface area (Å²) >= 11 is 0. The molecule has 0 aliphatic heterocycles. The van der Waals surface area contributed by atoms with Crippen LogP contribution < -0.4 is 10.7 Å². The number of sulfonamides is 1. The van der Waals surface area contributed by atoms with Gasteiger partial charge in [0, 0.05) is 19.2 Å². The highest BCUT2D eigenvalue weighted by molar-refractivity contribution is 7.89. The number of phenolic OH excluding ortho intramolecular Hbond substituents is 1. The van der Waals surface area contributed by atoms with Crippen LogP contribution >= 0.6 is 0 Å². The topological polar surface area (TPSA) is 128 Å². The predicted octanol–water partition coefficient (Wildman–Crippen LogP) is 2.69. The third-order valence-electron chi connectivity index (χ3n) is 4.61. The van der Waals surface area contributed by atoms with Crippen LogP contribution in [0.4, 0.5) is 5.69 Å². The van der Waals surface area contributed by atoms with Crippen molar-refractivity contribution in [1.29, 1.82) is 0 Å². The molecule has 0 radical (unpaired) electrons. The minimum absolute atomic E-state index is 0.0198. The molecule has 9 nitrogen and oxygen atoms in total. The van der Waals surface area contributed by atoms with Gasteiger partial charge >= 0.3 is 0 Å². The summed E-state index contributed by atoms with van der Waals surface area (Å²) in [5.41, 5.74) is 4.04. The number of phenols is 1. The SMILES string of the molecule is CC(=O)Nc1ccc(S(=O)(=O)N(CC(=O)N/N=C\c2cccc(O)c2)Cc2ccccc2)cc1. The Morgan fingerprint density at radius 1 is 1.00 bits per heavy atom. The van der Waals surface area contributed by atoms with Crippen molar-refractivity contribution in [3.05, 3.63) is 90.0 Å². The minimum atomic E-state index is -4.05. The van der Waals surface area contributed by atoms with E-state index in [2.05, 4.69) is 15.8 Å². The lowest BCUT2D eigenvalue weighted by Crippen LogP contribution is -2.39. The standard InChI is InChI=1S/C24H24N4O5S/c1-18(29)26-21-10-12-23(13-11-21)34(32,33)28(16-19-6-3-2-4-7-19)17-24(31)27-25-15-20-8-5-9-22(30)14-20/h2-15,30H,16-17H2,1H3,(H,26,29)(H,27,31)/b25-15-. The van der Waals surface area contributed by atoms with Crippen LogP contribution in [-0.2, 0) is 26.2 Å². The van der Waals surface area contributed by atoms with Crippen molar-refractivity contribution >= 4 is 33.7 Å². The number of amides is 2. The van der Waals surface area contributed by atoms with Gasteiger partial charge in [0.1, 0.15) is 5.75 Å². The van der Waals surface area contributed by atoms with Gasteiger partial charge in [0.2, 0.25) is 15.9 Å². The summed E-state index contributed by atoms with van der Waals surface area (Å²) in [6, 6.07) is 20.9. The Hall–Kier alpha value is -4.02. The number of anilines is 1. The first-order valence-electron chi connectivity index (χ1n) is 10.3. The van der Waals surface area contributed by atoms with Crippen LogP contribution in [0.1, 0.15) is 18.1 Å². The molecule has 0 bridgehead atoms. The van der Waals surface area contributed by atoms with E-state index in [1.165, 1.54) is 49.5 Å². The number of carbonyl (C=O) groups is 2. The van der Waals surface area contributed by atoms with E-state index in [0.29, 0.717) is 16.8 Å². The normalized spacial score (nSPS) is 11.5. The summed E-state index contributed by atoms with van der Waals surface area (Å²) in [6.07, 6.45) is 1.34. The summed E-state index contributed by atoms with van der Waals surface area (Å²) in [4.78, 5) is 23.7. The highest BCUT2D eigenvalue weighted by Crippen LogP contribution is 2.20. The van der Waals surface area contributed by atoms with E-state index in [1.54, 1.807) is 36.4 Å². The van der Waals surface area contributed by atoms with Gasteiger partial charge in [-0.05, 0) is 47.5 Å². The van der Waals surface area contributed by atoms with Gasteiger partial charge in [-0.25, -0.2) is 13.8 Å². The van der Waals surface area contributed by atoms with Gasteiger partial charge < -0.3 is 10.4 Å². The largest absolute Gasteiger partial charge is 0.508 e. The fraction of sp³-hybridized carbons (Fsp3) is 0.125. The quantitative estimate of drug-likeness (QED) is 0.320. The van der Waals surface area contributed by atoms with Gasteiger partial charge in [-0.1, -0.05) is 42.5 Å². The zero-order valence-electron chi connectivity index (χ0n) is 18.4. The van der Waals surface area contributed by atoms with Gasteiger partial charge in [0.05, 0.1) is 17.7 Å². The first kappa shape index (κ1) is 24.6. The van der Waals surface area contributed by atoms with Crippen LogP contribution in [0.3, 0.4) is 0 Å². The average Bonchev–Trinajstić information content (AvgIpc) is 2.79. The number of hydrogen-bond donors (Lipinski definition) is 3. The third kappa shape index (κ3) is 6.99. The average molecular weight is 481 g/mol. The smallest absolute Gasteiger partial charge is 0.255 e. The Morgan fingerprint density at radius 2 is 1.71 bits per heavy atom.